The first-order valence-corrected chi connectivity index (χ1v) is 5.08. The zero-order valence-corrected chi connectivity index (χ0v) is 9.55. The maximum atomic E-state index is 11.5. The molecule has 0 aromatic carbocycles. The van der Waals surface area contributed by atoms with Gasteiger partial charge in [0, 0.05) is 19.2 Å². The standard InChI is InChI=1S/C10H17N3O3/c1-8(11)7-16-9-5-10(14)13(12-6-9)3-4-15-2/h5-6,8H,3-4,7,11H2,1-2H3. The molecular formula is C10H17N3O3. The number of nitrogens with two attached hydrogens (primary N) is 1. The minimum absolute atomic E-state index is 0.0732. The molecule has 0 aliphatic rings. The van der Waals surface area contributed by atoms with Gasteiger partial charge in [-0.25, -0.2) is 4.68 Å². The third-order valence-electron chi connectivity index (χ3n) is 1.86. The summed E-state index contributed by atoms with van der Waals surface area (Å²) in [6, 6.07) is 1.32. The van der Waals surface area contributed by atoms with Crippen LogP contribution in [0.15, 0.2) is 17.1 Å². The third-order valence-corrected chi connectivity index (χ3v) is 1.86. The summed E-state index contributed by atoms with van der Waals surface area (Å²) < 4.78 is 11.5. The van der Waals surface area contributed by atoms with Gasteiger partial charge in [0.1, 0.15) is 12.4 Å². The van der Waals surface area contributed by atoms with E-state index < -0.39 is 0 Å². The van der Waals surface area contributed by atoms with Crippen LogP contribution in [-0.4, -0.2) is 36.1 Å². The summed E-state index contributed by atoms with van der Waals surface area (Å²) in [4.78, 5) is 11.5. The van der Waals surface area contributed by atoms with Gasteiger partial charge in [0.25, 0.3) is 5.56 Å². The first kappa shape index (κ1) is 12.7. The van der Waals surface area contributed by atoms with E-state index in [2.05, 4.69) is 5.10 Å². The van der Waals surface area contributed by atoms with Gasteiger partial charge in [-0.1, -0.05) is 0 Å². The van der Waals surface area contributed by atoms with Crippen LogP contribution in [0.2, 0.25) is 0 Å². The molecule has 0 bridgehead atoms. The number of ether oxygens (including phenoxy) is 2. The zero-order valence-electron chi connectivity index (χ0n) is 9.55. The van der Waals surface area contributed by atoms with Crippen molar-refractivity contribution in [1.82, 2.24) is 9.78 Å². The average Bonchev–Trinajstić information content (AvgIpc) is 2.25. The van der Waals surface area contributed by atoms with Gasteiger partial charge in [-0.2, -0.15) is 5.10 Å². The van der Waals surface area contributed by atoms with Crippen LogP contribution in [0.3, 0.4) is 0 Å². The maximum absolute atomic E-state index is 11.5. The Labute approximate surface area is 94.0 Å². The predicted molar refractivity (Wildman–Crippen MR) is 59.5 cm³/mol. The van der Waals surface area contributed by atoms with E-state index in [1.54, 1.807) is 7.11 Å². The molecule has 0 radical (unpaired) electrons. The van der Waals surface area contributed by atoms with Crippen LogP contribution >= 0.6 is 0 Å². The SMILES string of the molecule is COCCn1ncc(OCC(C)N)cc1=O. The highest BCUT2D eigenvalue weighted by Gasteiger charge is 2.02. The van der Waals surface area contributed by atoms with Crippen molar-refractivity contribution in [2.45, 2.75) is 19.5 Å². The Morgan fingerprint density at radius 1 is 1.62 bits per heavy atom. The Kier molecular flexibility index (Phi) is 4.94. The topological polar surface area (TPSA) is 79.4 Å². The summed E-state index contributed by atoms with van der Waals surface area (Å²) in [5, 5.41) is 3.95. The number of hydrogen-bond acceptors (Lipinski definition) is 5. The Balaban J connectivity index is 2.63. The Hall–Kier alpha value is -1.40. The van der Waals surface area contributed by atoms with E-state index in [1.165, 1.54) is 16.9 Å². The van der Waals surface area contributed by atoms with Crippen molar-refractivity contribution in [3.8, 4) is 5.75 Å². The number of methoxy groups -OCH3 is 1. The lowest BCUT2D eigenvalue weighted by molar-refractivity contribution is 0.181. The summed E-state index contributed by atoms with van der Waals surface area (Å²) in [5.41, 5.74) is 5.32. The molecule has 1 aromatic rings. The van der Waals surface area contributed by atoms with Crippen molar-refractivity contribution in [1.29, 1.82) is 0 Å². The minimum Gasteiger partial charge on any atom is -0.490 e. The van der Waals surface area contributed by atoms with Gasteiger partial charge < -0.3 is 15.2 Å². The fourth-order valence-corrected chi connectivity index (χ4v) is 1.07. The van der Waals surface area contributed by atoms with Gasteiger partial charge in [-0.05, 0) is 6.92 Å². The first-order chi connectivity index (χ1) is 7.63. The molecule has 0 saturated carbocycles. The largest absolute Gasteiger partial charge is 0.490 e. The predicted octanol–water partition coefficient (Wildman–Crippen LogP) is -0.384. The number of aromatic nitrogens is 2. The van der Waals surface area contributed by atoms with E-state index in [0.717, 1.165) is 0 Å². The fourth-order valence-electron chi connectivity index (χ4n) is 1.07. The molecule has 1 atom stereocenters. The zero-order chi connectivity index (χ0) is 12.0. The molecule has 6 heteroatoms. The van der Waals surface area contributed by atoms with Crippen molar-refractivity contribution >= 4 is 0 Å². The third kappa shape index (κ3) is 4.00. The summed E-state index contributed by atoms with van der Waals surface area (Å²) in [5.74, 6) is 0.441. The van der Waals surface area contributed by atoms with Gasteiger partial charge in [-0.3, -0.25) is 4.79 Å². The van der Waals surface area contributed by atoms with Crippen LogP contribution in [0.4, 0.5) is 0 Å². The molecule has 16 heavy (non-hydrogen) atoms. The Bertz CT molecular complexity index is 376. The number of nitrogens with zero attached hydrogens (tertiary/aromatic N) is 2. The summed E-state index contributed by atoms with van der Waals surface area (Å²) in [6.07, 6.45) is 1.50. The molecule has 1 aromatic heterocycles. The lowest BCUT2D eigenvalue weighted by atomic mass is 10.4. The minimum atomic E-state index is -0.209. The molecule has 0 aliphatic carbocycles. The van der Waals surface area contributed by atoms with E-state index in [0.29, 0.717) is 25.5 Å². The Morgan fingerprint density at radius 2 is 2.38 bits per heavy atom. The van der Waals surface area contributed by atoms with Gasteiger partial charge in [-0.15, -0.1) is 0 Å². The molecule has 0 aliphatic heterocycles. The molecule has 6 nitrogen and oxygen atoms in total. The normalized spacial score (nSPS) is 12.4. The van der Waals surface area contributed by atoms with Gasteiger partial charge in [0.2, 0.25) is 0 Å². The molecular weight excluding hydrogens is 210 g/mol. The van der Waals surface area contributed by atoms with E-state index in [-0.39, 0.29) is 11.6 Å². The van der Waals surface area contributed by atoms with Crippen LogP contribution in [0.25, 0.3) is 0 Å². The highest BCUT2D eigenvalue weighted by Crippen LogP contribution is 2.03. The number of hydrogen-bond donors (Lipinski definition) is 1. The molecule has 2 N–H and O–H groups in total. The highest BCUT2D eigenvalue weighted by molar-refractivity contribution is 5.13. The van der Waals surface area contributed by atoms with Crippen LogP contribution in [0.1, 0.15) is 6.92 Å². The molecule has 0 spiro atoms. The van der Waals surface area contributed by atoms with Gasteiger partial charge >= 0.3 is 0 Å². The monoisotopic (exact) mass is 227 g/mol. The van der Waals surface area contributed by atoms with Crippen LogP contribution in [0, 0.1) is 0 Å². The van der Waals surface area contributed by atoms with Crippen LogP contribution in [0.5, 0.6) is 5.75 Å². The quantitative estimate of drug-likeness (QED) is 0.716. The Morgan fingerprint density at radius 3 is 2.94 bits per heavy atom. The second-order valence-corrected chi connectivity index (χ2v) is 3.53. The van der Waals surface area contributed by atoms with Crippen LogP contribution in [-0.2, 0) is 11.3 Å². The fraction of sp³-hybridized carbons (Fsp3) is 0.600. The molecule has 0 amide bonds. The lowest BCUT2D eigenvalue weighted by Crippen LogP contribution is -2.26. The molecule has 0 fully saturated rings. The van der Waals surface area contributed by atoms with E-state index in [4.69, 9.17) is 15.2 Å². The second kappa shape index (κ2) is 6.24. The second-order valence-electron chi connectivity index (χ2n) is 3.53. The van der Waals surface area contributed by atoms with Crippen molar-refractivity contribution in [3.05, 3.63) is 22.6 Å². The molecule has 90 valence electrons. The summed E-state index contributed by atoms with van der Waals surface area (Å²) >= 11 is 0. The summed E-state index contributed by atoms with van der Waals surface area (Å²) in [7, 11) is 1.57. The molecule has 1 unspecified atom stereocenters. The van der Waals surface area contributed by atoms with Crippen LogP contribution < -0.4 is 16.0 Å². The molecule has 0 saturated heterocycles. The van der Waals surface area contributed by atoms with Crippen molar-refractivity contribution in [3.63, 3.8) is 0 Å². The van der Waals surface area contributed by atoms with E-state index >= 15 is 0 Å². The molecule has 1 heterocycles. The van der Waals surface area contributed by atoms with Crippen molar-refractivity contribution in [2.75, 3.05) is 20.3 Å². The van der Waals surface area contributed by atoms with E-state index in [1.807, 2.05) is 6.92 Å². The number of rotatable bonds is 6. The maximum Gasteiger partial charge on any atom is 0.270 e. The lowest BCUT2D eigenvalue weighted by Gasteiger charge is -2.09. The first-order valence-electron chi connectivity index (χ1n) is 5.08. The average molecular weight is 227 g/mol. The summed E-state index contributed by atoms with van der Waals surface area (Å²) in [6.45, 7) is 3.08. The van der Waals surface area contributed by atoms with Crippen molar-refractivity contribution in [2.24, 2.45) is 5.73 Å². The van der Waals surface area contributed by atoms with Gasteiger partial charge in [0.15, 0.2) is 0 Å². The van der Waals surface area contributed by atoms with Gasteiger partial charge in [0.05, 0.1) is 19.3 Å². The smallest absolute Gasteiger partial charge is 0.270 e. The van der Waals surface area contributed by atoms with E-state index in [9.17, 15) is 4.79 Å². The van der Waals surface area contributed by atoms with Crippen molar-refractivity contribution < 1.29 is 9.47 Å². The highest BCUT2D eigenvalue weighted by atomic mass is 16.5. The molecule has 1 rings (SSSR count).